The number of aldehydes is 1. The van der Waals surface area contributed by atoms with Crippen molar-refractivity contribution in [2.24, 2.45) is 0 Å². The van der Waals surface area contributed by atoms with E-state index >= 15 is 0 Å². The highest BCUT2D eigenvalue weighted by Gasteiger charge is 1.99. The summed E-state index contributed by atoms with van der Waals surface area (Å²) in [7, 11) is -2.80. The van der Waals surface area contributed by atoms with E-state index in [-0.39, 0.29) is 5.75 Å². The van der Waals surface area contributed by atoms with Crippen LogP contribution in [-0.2, 0) is 14.6 Å². The lowest BCUT2D eigenvalue weighted by Gasteiger charge is -1.95. The SMILES string of the molecule is CS(=O)(=O)CCCCCC=O. The topological polar surface area (TPSA) is 51.2 Å². The standard InChI is InChI=1S/C7H14O3S/c1-11(9,10)7-5-3-2-4-6-8/h6H,2-5,7H2,1H3. The van der Waals surface area contributed by atoms with Gasteiger partial charge in [0, 0.05) is 18.4 Å². The van der Waals surface area contributed by atoms with Gasteiger partial charge in [-0.2, -0.15) is 0 Å². The molecule has 0 N–H and O–H groups in total. The monoisotopic (exact) mass is 178 g/mol. The molecule has 0 saturated heterocycles. The molecular weight excluding hydrogens is 164 g/mol. The molecule has 3 nitrogen and oxygen atoms in total. The maximum atomic E-state index is 10.6. The molecule has 0 aliphatic heterocycles. The Morgan fingerprint density at radius 3 is 2.27 bits per heavy atom. The minimum atomic E-state index is -2.80. The van der Waals surface area contributed by atoms with E-state index in [0.29, 0.717) is 12.8 Å². The van der Waals surface area contributed by atoms with Gasteiger partial charge in [-0.15, -0.1) is 0 Å². The first kappa shape index (κ1) is 10.6. The second-order valence-electron chi connectivity index (χ2n) is 2.65. The molecule has 0 bridgehead atoms. The highest BCUT2D eigenvalue weighted by Crippen LogP contribution is 1.99. The first-order valence-corrected chi connectivity index (χ1v) is 5.73. The number of carbonyl (C=O) groups excluding carboxylic acids is 1. The van der Waals surface area contributed by atoms with Gasteiger partial charge in [0.25, 0.3) is 0 Å². The van der Waals surface area contributed by atoms with Crippen molar-refractivity contribution in [1.82, 2.24) is 0 Å². The van der Waals surface area contributed by atoms with Gasteiger partial charge in [-0.3, -0.25) is 0 Å². The van der Waals surface area contributed by atoms with Gasteiger partial charge in [0.2, 0.25) is 0 Å². The molecule has 0 radical (unpaired) electrons. The van der Waals surface area contributed by atoms with Gasteiger partial charge in [0.1, 0.15) is 16.1 Å². The molecule has 66 valence electrons. The van der Waals surface area contributed by atoms with Crippen LogP contribution in [0, 0.1) is 0 Å². The molecule has 0 unspecified atom stereocenters. The van der Waals surface area contributed by atoms with Crippen molar-refractivity contribution in [3.8, 4) is 0 Å². The van der Waals surface area contributed by atoms with Crippen LogP contribution in [0.5, 0.6) is 0 Å². The Morgan fingerprint density at radius 2 is 1.82 bits per heavy atom. The van der Waals surface area contributed by atoms with E-state index in [1.165, 1.54) is 6.26 Å². The molecule has 0 saturated carbocycles. The van der Waals surface area contributed by atoms with E-state index in [1.54, 1.807) is 0 Å². The second kappa shape index (κ2) is 5.29. The summed E-state index contributed by atoms with van der Waals surface area (Å²) in [6.07, 6.45) is 4.94. The Kier molecular flexibility index (Phi) is 5.11. The van der Waals surface area contributed by atoms with Gasteiger partial charge >= 0.3 is 0 Å². The molecule has 0 aromatic carbocycles. The van der Waals surface area contributed by atoms with Crippen molar-refractivity contribution >= 4 is 16.1 Å². The van der Waals surface area contributed by atoms with Crippen LogP contribution in [0.4, 0.5) is 0 Å². The fourth-order valence-corrected chi connectivity index (χ4v) is 1.50. The lowest BCUT2D eigenvalue weighted by molar-refractivity contribution is -0.107. The summed E-state index contributed by atoms with van der Waals surface area (Å²) in [4.78, 5) is 9.85. The fraction of sp³-hybridized carbons (Fsp3) is 0.857. The van der Waals surface area contributed by atoms with Crippen molar-refractivity contribution in [1.29, 1.82) is 0 Å². The molecule has 4 heteroatoms. The number of hydrogen-bond acceptors (Lipinski definition) is 3. The van der Waals surface area contributed by atoms with E-state index in [2.05, 4.69) is 0 Å². The van der Waals surface area contributed by atoms with Crippen LogP contribution < -0.4 is 0 Å². The first-order chi connectivity index (χ1) is 5.06. The predicted octanol–water partition coefficient (Wildman–Crippen LogP) is 0.790. The van der Waals surface area contributed by atoms with Crippen molar-refractivity contribution in [2.45, 2.75) is 25.7 Å². The van der Waals surface area contributed by atoms with E-state index in [9.17, 15) is 13.2 Å². The lowest BCUT2D eigenvalue weighted by Crippen LogP contribution is -2.02. The third-order valence-electron chi connectivity index (χ3n) is 1.34. The summed E-state index contributed by atoms with van der Waals surface area (Å²) < 4.78 is 21.2. The van der Waals surface area contributed by atoms with Crippen LogP contribution in [0.3, 0.4) is 0 Å². The normalized spacial score (nSPS) is 11.4. The Hall–Kier alpha value is -0.380. The van der Waals surface area contributed by atoms with Crippen molar-refractivity contribution in [3.63, 3.8) is 0 Å². The van der Waals surface area contributed by atoms with E-state index in [1.807, 2.05) is 0 Å². The van der Waals surface area contributed by atoms with Crippen LogP contribution in [0.2, 0.25) is 0 Å². The molecule has 0 aromatic heterocycles. The summed E-state index contributed by atoms with van der Waals surface area (Å²) >= 11 is 0. The number of hydrogen-bond donors (Lipinski definition) is 0. The zero-order valence-corrected chi connectivity index (χ0v) is 7.56. The second-order valence-corrected chi connectivity index (χ2v) is 4.91. The summed E-state index contributed by atoms with van der Waals surface area (Å²) in [6, 6.07) is 0. The average Bonchev–Trinajstić information content (AvgIpc) is 1.85. The number of sulfone groups is 1. The lowest BCUT2D eigenvalue weighted by atomic mass is 10.2. The zero-order valence-electron chi connectivity index (χ0n) is 6.75. The highest BCUT2D eigenvalue weighted by atomic mass is 32.2. The van der Waals surface area contributed by atoms with Crippen molar-refractivity contribution in [3.05, 3.63) is 0 Å². The maximum Gasteiger partial charge on any atom is 0.147 e. The quantitative estimate of drug-likeness (QED) is 0.446. The van der Waals surface area contributed by atoms with Gasteiger partial charge in [-0.05, 0) is 12.8 Å². The molecule has 0 aromatic rings. The van der Waals surface area contributed by atoms with Crippen LogP contribution in [-0.4, -0.2) is 26.7 Å². The Morgan fingerprint density at radius 1 is 1.18 bits per heavy atom. The molecule has 0 spiro atoms. The molecule has 0 aliphatic carbocycles. The summed E-state index contributed by atoms with van der Waals surface area (Å²) in [6.45, 7) is 0. The Labute approximate surface area is 67.7 Å². The van der Waals surface area contributed by atoms with E-state index < -0.39 is 9.84 Å². The van der Waals surface area contributed by atoms with Crippen LogP contribution in [0.25, 0.3) is 0 Å². The van der Waals surface area contributed by atoms with Crippen molar-refractivity contribution in [2.75, 3.05) is 12.0 Å². The van der Waals surface area contributed by atoms with Crippen LogP contribution in [0.15, 0.2) is 0 Å². The van der Waals surface area contributed by atoms with Crippen molar-refractivity contribution < 1.29 is 13.2 Å². The zero-order chi connectivity index (χ0) is 8.74. The molecule has 0 atom stereocenters. The molecule has 0 amide bonds. The summed E-state index contributed by atoms with van der Waals surface area (Å²) in [5.74, 6) is 0.242. The number of carbonyl (C=O) groups is 1. The number of rotatable bonds is 6. The third-order valence-corrected chi connectivity index (χ3v) is 2.37. The first-order valence-electron chi connectivity index (χ1n) is 3.67. The highest BCUT2D eigenvalue weighted by molar-refractivity contribution is 7.90. The average molecular weight is 178 g/mol. The van der Waals surface area contributed by atoms with Gasteiger partial charge in [-0.1, -0.05) is 6.42 Å². The fourth-order valence-electron chi connectivity index (χ4n) is 0.769. The summed E-state index contributed by atoms with van der Waals surface area (Å²) in [5.41, 5.74) is 0. The van der Waals surface area contributed by atoms with Gasteiger partial charge in [0.05, 0.1) is 0 Å². The van der Waals surface area contributed by atoms with Gasteiger partial charge < -0.3 is 4.79 Å². The molecule has 0 rings (SSSR count). The van der Waals surface area contributed by atoms with Crippen LogP contribution in [0.1, 0.15) is 25.7 Å². The molecule has 0 heterocycles. The summed E-state index contributed by atoms with van der Waals surface area (Å²) in [5, 5.41) is 0. The molecule has 0 aliphatic rings. The maximum absolute atomic E-state index is 10.6. The Balaban J connectivity index is 3.22. The van der Waals surface area contributed by atoms with E-state index in [4.69, 9.17) is 0 Å². The van der Waals surface area contributed by atoms with Gasteiger partial charge in [-0.25, -0.2) is 8.42 Å². The Bertz CT molecular complexity index is 194. The van der Waals surface area contributed by atoms with E-state index in [0.717, 1.165) is 19.1 Å². The van der Waals surface area contributed by atoms with Crippen LogP contribution >= 0.6 is 0 Å². The molecule has 0 fully saturated rings. The minimum Gasteiger partial charge on any atom is -0.303 e. The van der Waals surface area contributed by atoms with Gasteiger partial charge in [0.15, 0.2) is 0 Å². The molecule has 11 heavy (non-hydrogen) atoms. The molecular formula is C7H14O3S. The number of unbranched alkanes of at least 4 members (excludes halogenated alkanes) is 3. The minimum absolute atomic E-state index is 0.242. The third kappa shape index (κ3) is 9.62. The smallest absolute Gasteiger partial charge is 0.147 e. The largest absolute Gasteiger partial charge is 0.303 e. The predicted molar refractivity (Wildman–Crippen MR) is 44.2 cm³/mol.